The zero-order valence-corrected chi connectivity index (χ0v) is 13.7. The Morgan fingerprint density at radius 3 is 2.65 bits per heavy atom. The van der Waals surface area contributed by atoms with Gasteiger partial charge < -0.3 is 5.32 Å². The topological polar surface area (TPSA) is 48.7 Å². The Balaban J connectivity index is 2.30. The standard InChI is InChI=1S/C14H13BrFN3S/c1-14(2,3)10-7-20-13(19-10)18-9-5-4-8(6-17)11(15)12(9)16/h4-5,7H,1-3H3,(H,18,19). The summed E-state index contributed by atoms with van der Waals surface area (Å²) >= 11 is 4.51. The summed E-state index contributed by atoms with van der Waals surface area (Å²) in [6.07, 6.45) is 0. The predicted octanol–water partition coefficient (Wildman–Crippen LogP) is 4.96. The van der Waals surface area contributed by atoms with E-state index in [9.17, 15) is 4.39 Å². The van der Waals surface area contributed by atoms with E-state index in [2.05, 4.69) is 47.0 Å². The number of nitrogens with one attached hydrogen (secondary N) is 1. The van der Waals surface area contributed by atoms with Crippen LogP contribution in [0.3, 0.4) is 0 Å². The minimum Gasteiger partial charge on any atom is -0.329 e. The first-order valence-electron chi connectivity index (χ1n) is 5.94. The zero-order valence-electron chi connectivity index (χ0n) is 11.3. The number of rotatable bonds is 2. The minimum atomic E-state index is -0.489. The van der Waals surface area contributed by atoms with Crippen LogP contribution in [0.5, 0.6) is 0 Å². The first kappa shape index (κ1) is 14.9. The van der Waals surface area contributed by atoms with Crippen molar-refractivity contribution in [3.63, 3.8) is 0 Å². The molecule has 2 rings (SSSR count). The first-order valence-corrected chi connectivity index (χ1v) is 7.61. The molecule has 0 unspecified atom stereocenters. The third-order valence-corrected chi connectivity index (χ3v) is 4.25. The van der Waals surface area contributed by atoms with Gasteiger partial charge in [-0.05, 0) is 28.1 Å². The first-order chi connectivity index (χ1) is 9.32. The number of halogens is 2. The molecule has 1 heterocycles. The van der Waals surface area contributed by atoms with E-state index in [4.69, 9.17) is 5.26 Å². The number of anilines is 2. The van der Waals surface area contributed by atoms with Crippen LogP contribution >= 0.6 is 27.3 Å². The van der Waals surface area contributed by atoms with Gasteiger partial charge in [0, 0.05) is 10.8 Å². The quantitative estimate of drug-likeness (QED) is 0.829. The number of nitriles is 1. The Morgan fingerprint density at radius 2 is 2.10 bits per heavy atom. The minimum absolute atomic E-state index is 0.0414. The third-order valence-electron chi connectivity index (χ3n) is 2.72. The molecule has 1 aromatic heterocycles. The molecule has 0 spiro atoms. The summed E-state index contributed by atoms with van der Waals surface area (Å²) in [4.78, 5) is 4.45. The number of hydrogen-bond donors (Lipinski definition) is 1. The second-order valence-corrected chi connectivity index (χ2v) is 6.96. The highest BCUT2D eigenvalue weighted by molar-refractivity contribution is 9.10. The van der Waals surface area contributed by atoms with E-state index in [1.54, 1.807) is 6.07 Å². The molecule has 104 valence electrons. The maximum atomic E-state index is 14.1. The van der Waals surface area contributed by atoms with Crippen LogP contribution in [0.15, 0.2) is 22.0 Å². The van der Waals surface area contributed by atoms with Gasteiger partial charge >= 0.3 is 0 Å². The molecule has 0 radical (unpaired) electrons. The van der Waals surface area contributed by atoms with Crippen molar-refractivity contribution >= 4 is 38.1 Å². The molecule has 0 atom stereocenters. The highest BCUT2D eigenvalue weighted by atomic mass is 79.9. The van der Waals surface area contributed by atoms with Crippen LogP contribution in [0.1, 0.15) is 32.0 Å². The van der Waals surface area contributed by atoms with Crippen LogP contribution in [-0.2, 0) is 5.41 Å². The lowest BCUT2D eigenvalue weighted by Gasteiger charge is -2.14. The van der Waals surface area contributed by atoms with E-state index < -0.39 is 5.82 Å². The Kier molecular flexibility index (Phi) is 4.11. The lowest BCUT2D eigenvalue weighted by atomic mass is 9.93. The van der Waals surface area contributed by atoms with Crippen LogP contribution in [0.2, 0.25) is 0 Å². The molecule has 0 bridgehead atoms. The Bertz CT molecular complexity index is 683. The van der Waals surface area contributed by atoms with Gasteiger partial charge in [-0.1, -0.05) is 20.8 Å². The normalized spacial score (nSPS) is 11.2. The largest absolute Gasteiger partial charge is 0.329 e. The molecule has 0 aliphatic carbocycles. The highest BCUT2D eigenvalue weighted by Gasteiger charge is 2.18. The fourth-order valence-electron chi connectivity index (χ4n) is 1.52. The molecule has 6 heteroatoms. The molecule has 0 fully saturated rings. The Morgan fingerprint density at radius 1 is 1.40 bits per heavy atom. The number of aromatic nitrogens is 1. The van der Waals surface area contributed by atoms with Gasteiger partial charge in [-0.2, -0.15) is 5.26 Å². The van der Waals surface area contributed by atoms with Gasteiger partial charge in [0.1, 0.15) is 6.07 Å². The molecule has 1 aromatic carbocycles. The molecule has 0 amide bonds. The van der Waals surface area contributed by atoms with Crippen molar-refractivity contribution in [3.05, 3.63) is 39.1 Å². The molecule has 20 heavy (non-hydrogen) atoms. The number of benzene rings is 1. The van der Waals surface area contributed by atoms with Gasteiger partial charge in [0.05, 0.1) is 21.4 Å². The molecular formula is C14H13BrFN3S. The SMILES string of the molecule is CC(C)(C)c1csc(Nc2ccc(C#N)c(Br)c2F)n1. The van der Waals surface area contributed by atoms with Crippen LogP contribution in [-0.4, -0.2) is 4.98 Å². The fourth-order valence-corrected chi connectivity index (χ4v) is 2.91. The predicted molar refractivity (Wildman–Crippen MR) is 82.9 cm³/mol. The van der Waals surface area contributed by atoms with Gasteiger partial charge in [0.15, 0.2) is 10.9 Å². The molecule has 0 saturated heterocycles. The molecular weight excluding hydrogens is 341 g/mol. The highest BCUT2D eigenvalue weighted by Crippen LogP contribution is 2.31. The van der Waals surface area contributed by atoms with Crippen molar-refractivity contribution in [2.75, 3.05) is 5.32 Å². The van der Waals surface area contributed by atoms with Crippen LogP contribution in [0.4, 0.5) is 15.2 Å². The average Bonchev–Trinajstić information content (AvgIpc) is 2.84. The van der Waals surface area contributed by atoms with Crippen molar-refractivity contribution in [3.8, 4) is 6.07 Å². The summed E-state index contributed by atoms with van der Waals surface area (Å²) in [5.74, 6) is -0.489. The Labute approximate surface area is 129 Å². The number of thiazole rings is 1. The summed E-state index contributed by atoms with van der Waals surface area (Å²) in [5.41, 5.74) is 1.48. The lowest BCUT2D eigenvalue weighted by Crippen LogP contribution is -2.11. The maximum Gasteiger partial charge on any atom is 0.187 e. The smallest absolute Gasteiger partial charge is 0.187 e. The monoisotopic (exact) mass is 353 g/mol. The molecule has 0 aliphatic rings. The number of hydrogen-bond acceptors (Lipinski definition) is 4. The molecule has 0 saturated carbocycles. The molecule has 0 aliphatic heterocycles. The summed E-state index contributed by atoms with van der Waals surface area (Å²) in [6, 6.07) is 5.03. The third kappa shape index (κ3) is 3.00. The van der Waals surface area contributed by atoms with E-state index in [1.807, 2.05) is 11.4 Å². The fraction of sp³-hybridized carbons (Fsp3) is 0.286. The van der Waals surface area contributed by atoms with Crippen LogP contribution < -0.4 is 5.32 Å². The van der Waals surface area contributed by atoms with Crippen molar-refractivity contribution < 1.29 is 4.39 Å². The average molecular weight is 354 g/mol. The van der Waals surface area contributed by atoms with Crippen LogP contribution in [0, 0.1) is 17.1 Å². The zero-order chi connectivity index (χ0) is 14.9. The molecule has 3 nitrogen and oxygen atoms in total. The van der Waals surface area contributed by atoms with Crippen molar-refractivity contribution in [2.24, 2.45) is 0 Å². The Hall–Kier alpha value is -1.45. The second kappa shape index (κ2) is 5.51. The van der Waals surface area contributed by atoms with Crippen molar-refractivity contribution in [2.45, 2.75) is 26.2 Å². The summed E-state index contributed by atoms with van der Waals surface area (Å²) < 4.78 is 14.3. The molecule has 1 N–H and O–H groups in total. The molecule has 2 aromatic rings. The van der Waals surface area contributed by atoms with Crippen LogP contribution in [0.25, 0.3) is 0 Å². The van der Waals surface area contributed by atoms with E-state index in [1.165, 1.54) is 17.4 Å². The van der Waals surface area contributed by atoms with E-state index in [-0.39, 0.29) is 15.5 Å². The van der Waals surface area contributed by atoms with Gasteiger partial charge in [0.25, 0.3) is 0 Å². The van der Waals surface area contributed by atoms with E-state index in [0.717, 1.165) is 5.69 Å². The van der Waals surface area contributed by atoms with E-state index in [0.29, 0.717) is 10.8 Å². The number of nitrogens with zero attached hydrogens (tertiary/aromatic N) is 2. The van der Waals surface area contributed by atoms with Crippen molar-refractivity contribution in [1.29, 1.82) is 5.26 Å². The van der Waals surface area contributed by atoms with Gasteiger partial charge in [0.2, 0.25) is 0 Å². The summed E-state index contributed by atoms with van der Waals surface area (Å²) in [7, 11) is 0. The van der Waals surface area contributed by atoms with Crippen molar-refractivity contribution in [1.82, 2.24) is 4.98 Å². The van der Waals surface area contributed by atoms with Gasteiger partial charge in [-0.15, -0.1) is 11.3 Å². The second-order valence-electron chi connectivity index (χ2n) is 5.31. The van der Waals surface area contributed by atoms with E-state index >= 15 is 0 Å². The summed E-state index contributed by atoms with van der Waals surface area (Å²) in [5, 5.41) is 14.4. The maximum absolute atomic E-state index is 14.1. The van der Waals surface area contributed by atoms with Gasteiger partial charge in [-0.3, -0.25) is 0 Å². The lowest BCUT2D eigenvalue weighted by molar-refractivity contribution is 0.573. The van der Waals surface area contributed by atoms with Gasteiger partial charge in [-0.25, -0.2) is 9.37 Å². The summed E-state index contributed by atoms with van der Waals surface area (Å²) in [6.45, 7) is 6.22.